The van der Waals surface area contributed by atoms with Gasteiger partial charge in [0.25, 0.3) is 0 Å². The van der Waals surface area contributed by atoms with Gasteiger partial charge in [0.1, 0.15) is 0 Å². The molecule has 4 heteroatoms. The molecular formula is C20H18N2O2. The summed E-state index contributed by atoms with van der Waals surface area (Å²) < 4.78 is 0. The smallest absolute Gasteiger partial charge is 0.314 e. The number of fused-ring (bicyclic) bond motifs is 1. The van der Waals surface area contributed by atoms with Gasteiger partial charge >= 0.3 is 11.8 Å². The van der Waals surface area contributed by atoms with Crippen molar-refractivity contribution < 1.29 is 9.59 Å². The molecule has 0 aliphatic rings. The minimum atomic E-state index is -0.687. The molecule has 0 saturated carbocycles. The molecule has 120 valence electrons. The van der Waals surface area contributed by atoms with Crippen molar-refractivity contribution in [3.05, 3.63) is 71.8 Å². The summed E-state index contributed by atoms with van der Waals surface area (Å²) in [5.74, 6) is -1.37. The predicted octanol–water partition coefficient (Wildman–Crippen LogP) is 4.03. The van der Waals surface area contributed by atoms with E-state index in [1.54, 1.807) is 6.07 Å². The van der Waals surface area contributed by atoms with Gasteiger partial charge in [-0.3, -0.25) is 9.59 Å². The van der Waals surface area contributed by atoms with Crippen LogP contribution in [0.5, 0.6) is 0 Å². The van der Waals surface area contributed by atoms with Crippen molar-refractivity contribution >= 4 is 34.0 Å². The zero-order chi connectivity index (χ0) is 17.1. The van der Waals surface area contributed by atoms with Crippen LogP contribution in [0.3, 0.4) is 0 Å². The second-order valence-electron chi connectivity index (χ2n) is 5.74. The van der Waals surface area contributed by atoms with Crippen molar-refractivity contribution in [2.24, 2.45) is 0 Å². The summed E-state index contributed by atoms with van der Waals surface area (Å²) in [7, 11) is 0. The van der Waals surface area contributed by atoms with Crippen LogP contribution in [0.25, 0.3) is 10.8 Å². The summed E-state index contributed by atoms with van der Waals surface area (Å²) in [5.41, 5.74) is 3.11. The highest BCUT2D eigenvalue weighted by Gasteiger charge is 2.16. The van der Waals surface area contributed by atoms with E-state index in [1.165, 1.54) is 0 Å². The third-order valence-corrected chi connectivity index (χ3v) is 3.93. The number of carbonyl (C=O) groups excluding carboxylic acids is 2. The van der Waals surface area contributed by atoms with Crippen LogP contribution in [0, 0.1) is 13.8 Å². The number of amides is 2. The fourth-order valence-electron chi connectivity index (χ4n) is 2.64. The zero-order valence-electron chi connectivity index (χ0n) is 13.6. The van der Waals surface area contributed by atoms with Crippen LogP contribution >= 0.6 is 0 Å². The highest BCUT2D eigenvalue weighted by atomic mass is 16.2. The molecule has 0 spiro atoms. The number of hydrogen-bond acceptors (Lipinski definition) is 2. The lowest BCUT2D eigenvalue weighted by Gasteiger charge is -2.11. The summed E-state index contributed by atoms with van der Waals surface area (Å²) in [6, 6.07) is 19.1. The van der Waals surface area contributed by atoms with Gasteiger partial charge in [0.05, 0.1) is 0 Å². The molecule has 0 aromatic heterocycles. The molecule has 0 heterocycles. The maximum Gasteiger partial charge on any atom is 0.314 e. The lowest BCUT2D eigenvalue weighted by atomic mass is 10.1. The van der Waals surface area contributed by atoms with Crippen LogP contribution in [0.2, 0.25) is 0 Å². The first-order valence-electron chi connectivity index (χ1n) is 7.72. The van der Waals surface area contributed by atoms with Crippen LogP contribution in [-0.2, 0) is 9.59 Å². The molecule has 4 nitrogen and oxygen atoms in total. The molecular weight excluding hydrogens is 300 g/mol. The molecule has 0 fully saturated rings. The molecule has 3 aromatic rings. The molecule has 0 aliphatic carbocycles. The molecule has 2 amide bonds. The van der Waals surface area contributed by atoms with Crippen LogP contribution < -0.4 is 10.6 Å². The van der Waals surface area contributed by atoms with Crippen molar-refractivity contribution in [3.8, 4) is 0 Å². The Morgan fingerprint density at radius 1 is 0.708 bits per heavy atom. The van der Waals surface area contributed by atoms with Crippen LogP contribution in [0.1, 0.15) is 11.1 Å². The van der Waals surface area contributed by atoms with Crippen molar-refractivity contribution in [2.45, 2.75) is 13.8 Å². The van der Waals surface area contributed by atoms with Gasteiger partial charge in [-0.05, 0) is 47.9 Å². The lowest BCUT2D eigenvalue weighted by molar-refractivity contribution is -0.133. The van der Waals surface area contributed by atoms with E-state index in [4.69, 9.17) is 0 Å². The number of nitrogens with one attached hydrogen (secondary N) is 2. The predicted molar refractivity (Wildman–Crippen MR) is 97.1 cm³/mol. The van der Waals surface area contributed by atoms with Crippen LogP contribution in [0.4, 0.5) is 11.4 Å². The molecule has 0 atom stereocenters. The largest absolute Gasteiger partial charge is 0.318 e. The monoisotopic (exact) mass is 318 g/mol. The Bertz CT molecular complexity index is 912. The van der Waals surface area contributed by atoms with Gasteiger partial charge in [-0.2, -0.15) is 0 Å². The number of benzene rings is 3. The molecule has 0 saturated heterocycles. The summed E-state index contributed by atoms with van der Waals surface area (Å²) >= 11 is 0. The van der Waals surface area contributed by atoms with Crippen molar-refractivity contribution in [1.82, 2.24) is 0 Å². The fourth-order valence-corrected chi connectivity index (χ4v) is 2.64. The van der Waals surface area contributed by atoms with Gasteiger partial charge in [-0.15, -0.1) is 0 Å². The minimum Gasteiger partial charge on any atom is -0.318 e. The second-order valence-corrected chi connectivity index (χ2v) is 5.74. The van der Waals surface area contributed by atoms with E-state index in [9.17, 15) is 9.59 Å². The van der Waals surface area contributed by atoms with Gasteiger partial charge in [-0.1, -0.05) is 48.5 Å². The highest BCUT2D eigenvalue weighted by Crippen LogP contribution is 2.20. The first-order chi connectivity index (χ1) is 11.5. The van der Waals surface area contributed by atoms with E-state index in [0.717, 1.165) is 21.9 Å². The van der Waals surface area contributed by atoms with Gasteiger partial charge in [0.15, 0.2) is 0 Å². The Balaban J connectivity index is 1.75. The first-order valence-corrected chi connectivity index (χ1v) is 7.72. The Labute approximate surface area is 140 Å². The summed E-state index contributed by atoms with van der Waals surface area (Å²) in [6.45, 7) is 3.79. The summed E-state index contributed by atoms with van der Waals surface area (Å²) in [6.07, 6.45) is 0. The molecule has 3 aromatic carbocycles. The van der Waals surface area contributed by atoms with Gasteiger partial charge in [0, 0.05) is 11.4 Å². The number of hydrogen-bond donors (Lipinski definition) is 2. The number of aryl methyl sites for hydroxylation is 2. The summed E-state index contributed by atoms with van der Waals surface area (Å²) in [4.78, 5) is 24.3. The third kappa shape index (κ3) is 3.27. The minimum absolute atomic E-state index is 0.593. The molecule has 0 bridgehead atoms. The number of para-hydroxylation sites is 1. The van der Waals surface area contributed by atoms with Gasteiger partial charge in [0.2, 0.25) is 0 Å². The number of rotatable bonds is 2. The van der Waals surface area contributed by atoms with E-state index in [1.807, 2.05) is 68.4 Å². The Morgan fingerprint density at radius 3 is 2.04 bits per heavy atom. The van der Waals surface area contributed by atoms with E-state index in [0.29, 0.717) is 11.4 Å². The molecule has 24 heavy (non-hydrogen) atoms. The number of carbonyl (C=O) groups is 2. The molecule has 2 N–H and O–H groups in total. The molecule has 0 aliphatic heterocycles. The van der Waals surface area contributed by atoms with E-state index in [-0.39, 0.29) is 0 Å². The van der Waals surface area contributed by atoms with E-state index < -0.39 is 11.8 Å². The topological polar surface area (TPSA) is 58.2 Å². The Morgan fingerprint density at radius 2 is 1.33 bits per heavy atom. The van der Waals surface area contributed by atoms with Gasteiger partial charge < -0.3 is 10.6 Å². The SMILES string of the molecule is Cc1cccc(C)c1NC(=O)C(=O)Nc1ccc2ccccc2c1. The molecule has 0 radical (unpaired) electrons. The van der Waals surface area contributed by atoms with Crippen molar-refractivity contribution in [1.29, 1.82) is 0 Å². The van der Waals surface area contributed by atoms with Crippen LogP contribution in [-0.4, -0.2) is 11.8 Å². The fraction of sp³-hybridized carbons (Fsp3) is 0.100. The summed E-state index contributed by atoms with van der Waals surface area (Å²) in [5, 5.41) is 7.41. The highest BCUT2D eigenvalue weighted by molar-refractivity contribution is 6.43. The molecule has 3 rings (SSSR count). The van der Waals surface area contributed by atoms with E-state index >= 15 is 0 Å². The average Bonchev–Trinajstić information content (AvgIpc) is 2.58. The van der Waals surface area contributed by atoms with E-state index in [2.05, 4.69) is 10.6 Å². The quantitative estimate of drug-likeness (QED) is 0.701. The third-order valence-electron chi connectivity index (χ3n) is 3.93. The maximum absolute atomic E-state index is 12.2. The standard InChI is InChI=1S/C20H18N2O2/c1-13-6-5-7-14(2)18(13)22-20(24)19(23)21-17-11-10-15-8-3-4-9-16(15)12-17/h3-12H,1-2H3,(H,21,23)(H,22,24). The average molecular weight is 318 g/mol. The zero-order valence-corrected chi connectivity index (χ0v) is 13.6. The second kappa shape index (κ2) is 6.54. The molecule has 0 unspecified atom stereocenters. The Hall–Kier alpha value is -3.14. The normalized spacial score (nSPS) is 10.4. The van der Waals surface area contributed by atoms with Crippen molar-refractivity contribution in [3.63, 3.8) is 0 Å². The van der Waals surface area contributed by atoms with Crippen molar-refractivity contribution in [2.75, 3.05) is 10.6 Å². The lowest BCUT2D eigenvalue weighted by Crippen LogP contribution is -2.29. The maximum atomic E-state index is 12.2. The van der Waals surface area contributed by atoms with Crippen LogP contribution in [0.15, 0.2) is 60.7 Å². The van der Waals surface area contributed by atoms with Gasteiger partial charge in [-0.25, -0.2) is 0 Å². The Kier molecular flexibility index (Phi) is 4.29. The first kappa shape index (κ1) is 15.7. The number of anilines is 2.